The number of rotatable bonds is 5. The van der Waals surface area contributed by atoms with Crippen LogP contribution in [0.4, 0.5) is 0 Å². The summed E-state index contributed by atoms with van der Waals surface area (Å²) in [6, 6.07) is 2.91. The monoisotopic (exact) mass is 306 g/mol. The smallest absolute Gasteiger partial charge is 0.274 e. The van der Waals surface area contributed by atoms with E-state index >= 15 is 0 Å². The van der Waals surface area contributed by atoms with Gasteiger partial charge in [-0.25, -0.2) is 0 Å². The van der Waals surface area contributed by atoms with Crippen LogP contribution in [0.15, 0.2) is 18.3 Å². The predicted molar refractivity (Wildman–Crippen MR) is 81.3 cm³/mol. The third kappa shape index (κ3) is 3.42. The zero-order valence-electron chi connectivity index (χ0n) is 13.0. The van der Waals surface area contributed by atoms with Gasteiger partial charge in [-0.05, 0) is 25.5 Å². The summed E-state index contributed by atoms with van der Waals surface area (Å²) >= 11 is 0. The number of nitrogens with two attached hydrogens (primary N) is 1. The quantitative estimate of drug-likeness (QED) is 0.819. The molecule has 0 aliphatic carbocycles. The number of aromatic nitrogens is 1. The average molecular weight is 306 g/mol. The maximum Gasteiger partial charge on any atom is 0.274 e. The van der Waals surface area contributed by atoms with Crippen molar-refractivity contribution in [3.05, 3.63) is 29.6 Å². The van der Waals surface area contributed by atoms with E-state index in [1.807, 2.05) is 13.8 Å². The third-order valence-electron chi connectivity index (χ3n) is 3.67. The molecule has 1 atom stereocenters. The topological polar surface area (TPSA) is 97.5 Å². The standard InChI is InChI=1S/C15H22N4O3/c1-3-7-19(15(2)10-17-6-8-22-15)14(21)12-9-11(13(16)20)4-5-18-12/h4-5,9,17H,3,6-8,10H2,1-2H3,(H2,16,20). The van der Waals surface area contributed by atoms with Gasteiger partial charge in [-0.2, -0.15) is 0 Å². The Morgan fingerprint density at radius 1 is 1.55 bits per heavy atom. The predicted octanol–water partition coefficient (Wildman–Crippen LogP) is 0.369. The Labute approximate surface area is 129 Å². The molecule has 1 aromatic rings. The first kappa shape index (κ1) is 16.4. The molecule has 1 saturated heterocycles. The minimum atomic E-state index is -0.726. The fourth-order valence-corrected chi connectivity index (χ4v) is 2.50. The summed E-state index contributed by atoms with van der Waals surface area (Å²) in [7, 11) is 0. The first-order chi connectivity index (χ1) is 10.5. The van der Waals surface area contributed by atoms with Crippen molar-refractivity contribution in [2.24, 2.45) is 5.73 Å². The second kappa shape index (κ2) is 6.85. The molecule has 3 N–H and O–H groups in total. The normalized spacial score (nSPS) is 21.4. The van der Waals surface area contributed by atoms with E-state index in [2.05, 4.69) is 10.3 Å². The fourth-order valence-electron chi connectivity index (χ4n) is 2.50. The Kier molecular flexibility index (Phi) is 5.10. The summed E-state index contributed by atoms with van der Waals surface area (Å²) in [6.07, 6.45) is 2.21. The SMILES string of the molecule is CCCN(C(=O)c1cc(C(N)=O)ccn1)C1(C)CNCCO1. The van der Waals surface area contributed by atoms with Crippen LogP contribution in [-0.4, -0.2) is 53.7 Å². The zero-order valence-corrected chi connectivity index (χ0v) is 13.0. The molecule has 0 aromatic carbocycles. The highest BCUT2D eigenvalue weighted by Crippen LogP contribution is 2.21. The second-order valence-corrected chi connectivity index (χ2v) is 5.45. The van der Waals surface area contributed by atoms with Crippen molar-refractivity contribution in [3.8, 4) is 0 Å². The summed E-state index contributed by atoms with van der Waals surface area (Å²) in [5, 5.41) is 3.24. The van der Waals surface area contributed by atoms with E-state index in [1.54, 1.807) is 4.90 Å². The Balaban J connectivity index is 2.29. The van der Waals surface area contributed by atoms with Crippen LogP contribution < -0.4 is 11.1 Å². The lowest BCUT2D eigenvalue weighted by Gasteiger charge is -2.43. The molecule has 2 amide bonds. The van der Waals surface area contributed by atoms with Crippen molar-refractivity contribution in [1.29, 1.82) is 0 Å². The van der Waals surface area contributed by atoms with E-state index in [0.29, 0.717) is 19.7 Å². The van der Waals surface area contributed by atoms with E-state index < -0.39 is 11.6 Å². The largest absolute Gasteiger partial charge is 0.366 e. The molecule has 0 spiro atoms. The Hall–Kier alpha value is -1.99. The summed E-state index contributed by atoms with van der Waals surface area (Å²) in [5.74, 6) is -0.851. The lowest BCUT2D eigenvalue weighted by Crippen LogP contribution is -2.60. The number of ether oxygens (including phenoxy) is 1. The zero-order chi connectivity index (χ0) is 16.2. The van der Waals surface area contributed by atoms with Gasteiger partial charge in [0.05, 0.1) is 6.61 Å². The van der Waals surface area contributed by atoms with E-state index in [1.165, 1.54) is 18.3 Å². The molecule has 2 heterocycles. The average Bonchev–Trinajstić information content (AvgIpc) is 2.52. The number of nitrogens with one attached hydrogen (secondary N) is 1. The number of amides is 2. The van der Waals surface area contributed by atoms with Crippen LogP contribution >= 0.6 is 0 Å². The van der Waals surface area contributed by atoms with E-state index in [0.717, 1.165) is 13.0 Å². The molecule has 1 fully saturated rings. The minimum Gasteiger partial charge on any atom is -0.366 e. The van der Waals surface area contributed by atoms with Gasteiger partial charge in [-0.15, -0.1) is 0 Å². The Bertz CT molecular complexity index is 555. The van der Waals surface area contributed by atoms with Crippen molar-refractivity contribution >= 4 is 11.8 Å². The van der Waals surface area contributed by atoms with E-state index in [-0.39, 0.29) is 17.2 Å². The molecular weight excluding hydrogens is 284 g/mol. The van der Waals surface area contributed by atoms with Crippen LogP contribution in [-0.2, 0) is 4.74 Å². The van der Waals surface area contributed by atoms with Gasteiger partial charge in [0, 0.05) is 31.4 Å². The van der Waals surface area contributed by atoms with Gasteiger partial charge in [0.25, 0.3) is 5.91 Å². The summed E-state index contributed by atoms with van der Waals surface area (Å²) in [5.41, 5.74) is 4.99. The molecular formula is C15H22N4O3. The van der Waals surface area contributed by atoms with Gasteiger partial charge in [-0.3, -0.25) is 14.6 Å². The van der Waals surface area contributed by atoms with Gasteiger partial charge in [0.15, 0.2) is 5.72 Å². The first-order valence-electron chi connectivity index (χ1n) is 7.40. The minimum absolute atomic E-state index is 0.195. The summed E-state index contributed by atoms with van der Waals surface area (Å²) < 4.78 is 5.82. The highest BCUT2D eigenvalue weighted by atomic mass is 16.5. The second-order valence-electron chi connectivity index (χ2n) is 5.45. The number of nitrogens with zero attached hydrogens (tertiary/aromatic N) is 2. The van der Waals surface area contributed by atoms with Crippen LogP contribution in [0.1, 0.15) is 41.1 Å². The lowest BCUT2D eigenvalue weighted by molar-refractivity contribution is -0.139. The maximum atomic E-state index is 12.8. The van der Waals surface area contributed by atoms with Gasteiger partial charge < -0.3 is 20.7 Å². The first-order valence-corrected chi connectivity index (χ1v) is 7.40. The maximum absolute atomic E-state index is 12.8. The molecule has 0 radical (unpaired) electrons. The van der Waals surface area contributed by atoms with Crippen molar-refractivity contribution in [2.45, 2.75) is 26.0 Å². The molecule has 1 aromatic heterocycles. The van der Waals surface area contributed by atoms with Gasteiger partial charge >= 0.3 is 0 Å². The van der Waals surface area contributed by atoms with Crippen LogP contribution in [0.5, 0.6) is 0 Å². The summed E-state index contributed by atoms with van der Waals surface area (Å²) in [4.78, 5) is 29.8. The molecule has 120 valence electrons. The van der Waals surface area contributed by atoms with Crippen LogP contribution in [0.25, 0.3) is 0 Å². The van der Waals surface area contributed by atoms with E-state index in [9.17, 15) is 9.59 Å². The highest BCUT2D eigenvalue weighted by Gasteiger charge is 2.38. The van der Waals surface area contributed by atoms with Crippen molar-refractivity contribution < 1.29 is 14.3 Å². The lowest BCUT2D eigenvalue weighted by atomic mass is 10.1. The number of carbonyl (C=O) groups is 2. The number of primary amides is 1. The fraction of sp³-hybridized carbons (Fsp3) is 0.533. The van der Waals surface area contributed by atoms with Crippen LogP contribution in [0.2, 0.25) is 0 Å². The highest BCUT2D eigenvalue weighted by molar-refractivity contribution is 5.97. The van der Waals surface area contributed by atoms with Crippen molar-refractivity contribution in [2.75, 3.05) is 26.2 Å². The van der Waals surface area contributed by atoms with Gasteiger partial charge in [0.1, 0.15) is 5.69 Å². The van der Waals surface area contributed by atoms with Crippen molar-refractivity contribution in [1.82, 2.24) is 15.2 Å². The third-order valence-corrected chi connectivity index (χ3v) is 3.67. The van der Waals surface area contributed by atoms with E-state index in [4.69, 9.17) is 10.5 Å². The molecule has 7 heteroatoms. The number of pyridine rings is 1. The molecule has 0 saturated carbocycles. The van der Waals surface area contributed by atoms with Crippen LogP contribution in [0.3, 0.4) is 0 Å². The van der Waals surface area contributed by atoms with Crippen molar-refractivity contribution in [3.63, 3.8) is 0 Å². The molecule has 1 aliphatic heterocycles. The Morgan fingerprint density at radius 2 is 2.32 bits per heavy atom. The molecule has 7 nitrogen and oxygen atoms in total. The molecule has 1 aliphatic rings. The molecule has 1 unspecified atom stereocenters. The number of carbonyl (C=O) groups excluding carboxylic acids is 2. The number of morpholine rings is 1. The molecule has 22 heavy (non-hydrogen) atoms. The van der Waals surface area contributed by atoms with Gasteiger partial charge in [0.2, 0.25) is 5.91 Å². The molecule has 0 bridgehead atoms. The van der Waals surface area contributed by atoms with Gasteiger partial charge in [-0.1, -0.05) is 6.92 Å². The number of hydrogen-bond donors (Lipinski definition) is 2. The Morgan fingerprint density at radius 3 is 2.91 bits per heavy atom. The summed E-state index contributed by atoms with van der Waals surface area (Å²) in [6.45, 7) is 6.27. The van der Waals surface area contributed by atoms with Crippen LogP contribution in [0, 0.1) is 0 Å². The number of hydrogen-bond acceptors (Lipinski definition) is 5. The molecule has 2 rings (SSSR count).